The molecule has 1 rings (SSSR count). The summed E-state index contributed by atoms with van der Waals surface area (Å²) in [7, 11) is 8.39. The first kappa shape index (κ1) is 14.0. The maximum absolute atomic E-state index is 3.47. The van der Waals surface area contributed by atoms with Crippen LogP contribution in [0.15, 0.2) is 24.3 Å². The summed E-state index contributed by atoms with van der Waals surface area (Å²) < 4.78 is 0. The highest BCUT2D eigenvalue weighted by molar-refractivity contribution is 5.52. The molecule has 0 aliphatic heterocycles. The van der Waals surface area contributed by atoms with E-state index in [-0.39, 0.29) is 0 Å². The standard InChI is InChI=1S/C14H25N3/c1-16(2)12-11-15-10-9-13-7-5-6-8-14(13)17(3)4/h5-8,15H,9-12H2,1-4H3. The third kappa shape index (κ3) is 5.20. The van der Waals surface area contributed by atoms with Crippen molar-refractivity contribution < 1.29 is 0 Å². The number of benzene rings is 1. The van der Waals surface area contributed by atoms with Gasteiger partial charge in [-0.1, -0.05) is 18.2 Å². The average molecular weight is 235 g/mol. The smallest absolute Gasteiger partial charge is 0.0394 e. The Morgan fingerprint density at radius 2 is 1.71 bits per heavy atom. The molecule has 0 heterocycles. The van der Waals surface area contributed by atoms with Crippen molar-refractivity contribution in [2.45, 2.75) is 6.42 Å². The molecule has 0 amide bonds. The van der Waals surface area contributed by atoms with Gasteiger partial charge in [0, 0.05) is 32.9 Å². The van der Waals surface area contributed by atoms with Crippen LogP contribution in [0, 0.1) is 0 Å². The van der Waals surface area contributed by atoms with Gasteiger partial charge in [-0.2, -0.15) is 0 Å². The second-order valence-corrected chi connectivity index (χ2v) is 4.83. The van der Waals surface area contributed by atoms with Crippen LogP contribution in [0.5, 0.6) is 0 Å². The van der Waals surface area contributed by atoms with E-state index in [1.54, 1.807) is 0 Å². The second-order valence-electron chi connectivity index (χ2n) is 4.83. The van der Waals surface area contributed by atoms with Crippen molar-refractivity contribution in [1.82, 2.24) is 10.2 Å². The number of rotatable bonds is 7. The summed E-state index contributed by atoms with van der Waals surface area (Å²) in [5.74, 6) is 0. The van der Waals surface area contributed by atoms with E-state index in [0.717, 1.165) is 26.1 Å². The molecule has 0 unspecified atom stereocenters. The lowest BCUT2D eigenvalue weighted by Gasteiger charge is -2.17. The predicted molar refractivity (Wildman–Crippen MR) is 75.9 cm³/mol. The molecule has 1 N–H and O–H groups in total. The summed E-state index contributed by atoms with van der Waals surface area (Å²) in [5, 5.41) is 3.47. The quantitative estimate of drug-likeness (QED) is 0.722. The molecule has 96 valence electrons. The van der Waals surface area contributed by atoms with Crippen molar-refractivity contribution in [3.63, 3.8) is 0 Å². The van der Waals surface area contributed by atoms with Crippen LogP contribution < -0.4 is 10.2 Å². The van der Waals surface area contributed by atoms with Crippen LogP contribution in [0.4, 0.5) is 5.69 Å². The van der Waals surface area contributed by atoms with Gasteiger partial charge in [0.2, 0.25) is 0 Å². The number of nitrogens with zero attached hydrogens (tertiary/aromatic N) is 2. The molecule has 0 spiro atoms. The maximum Gasteiger partial charge on any atom is 0.0394 e. The predicted octanol–water partition coefficient (Wildman–Crippen LogP) is 1.45. The molecule has 0 radical (unpaired) electrons. The van der Waals surface area contributed by atoms with Crippen LogP contribution in [0.2, 0.25) is 0 Å². The molecule has 0 aliphatic rings. The van der Waals surface area contributed by atoms with Gasteiger partial charge >= 0.3 is 0 Å². The average Bonchev–Trinajstić information content (AvgIpc) is 2.28. The normalized spacial score (nSPS) is 10.9. The largest absolute Gasteiger partial charge is 0.377 e. The Bertz CT molecular complexity index is 321. The molecule has 0 fully saturated rings. The molecule has 17 heavy (non-hydrogen) atoms. The molecular weight excluding hydrogens is 210 g/mol. The Morgan fingerprint density at radius 1 is 1.00 bits per heavy atom. The van der Waals surface area contributed by atoms with Crippen LogP contribution in [0.25, 0.3) is 0 Å². The third-order valence-electron chi connectivity index (χ3n) is 2.78. The molecule has 0 saturated heterocycles. The van der Waals surface area contributed by atoms with E-state index < -0.39 is 0 Å². The maximum atomic E-state index is 3.47. The lowest BCUT2D eigenvalue weighted by Crippen LogP contribution is -2.28. The fourth-order valence-electron chi connectivity index (χ4n) is 1.81. The minimum atomic E-state index is 1.04. The Kier molecular flexibility index (Phi) is 6.01. The van der Waals surface area contributed by atoms with E-state index in [2.05, 4.69) is 67.6 Å². The fourth-order valence-corrected chi connectivity index (χ4v) is 1.81. The Balaban J connectivity index is 2.36. The Hall–Kier alpha value is -1.06. The summed E-state index contributed by atoms with van der Waals surface area (Å²) >= 11 is 0. The Labute approximate surface area is 105 Å². The van der Waals surface area contributed by atoms with Gasteiger partial charge in [-0.3, -0.25) is 0 Å². The lowest BCUT2D eigenvalue weighted by atomic mass is 10.1. The lowest BCUT2D eigenvalue weighted by molar-refractivity contribution is 0.401. The van der Waals surface area contributed by atoms with Crippen molar-refractivity contribution in [2.75, 3.05) is 52.7 Å². The van der Waals surface area contributed by atoms with Gasteiger partial charge < -0.3 is 15.1 Å². The zero-order chi connectivity index (χ0) is 12.7. The minimum absolute atomic E-state index is 1.04. The Morgan fingerprint density at radius 3 is 2.35 bits per heavy atom. The van der Waals surface area contributed by atoms with Crippen molar-refractivity contribution in [2.24, 2.45) is 0 Å². The molecule has 0 atom stereocenters. The number of nitrogens with one attached hydrogen (secondary N) is 1. The van der Waals surface area contributed by atoms with E-state index in [1.165, 1.54) is 11.3 Å². The van der Waals surface area contributed by atoms with Crippen LogP contribution in [0.1, 0.15) is 5.56 Å². The van der Waals surface area contributed by atoms with E-state index in [9.17, 15) is 0 Å². The monoisotopic (exact) mass is 235 g/mol. The van der Waals surface area contributed by atoms with Crippen molar-refractivity contribution in [1.29, 1.82) is 0 Å². The summed E-state index contributed by atoms with van der Waals surface area (Å²) in [6.07, 6.45) is 1.09. The summed E-state index contributed by atoms with van der Waals surface area (Å²) in [6.45, 7) is 3.19. The van der Waals surface area contributed by atoms with Gasteiger partial charge in [0.05, 0.1) is 0 Å². The van der Waals surface area contributed by atoms with Gasteiger partial charge in [-0.05, 0) is 38.7 Å². The highest BCUT2D eigenvalue weighted by Crippen LogP contribution is 2.17. The molecular formula is C14H25N3. The fraction of sp³-hybridized carbons (Fsp3) is 0.571. The van der Waals surface area contributed by atoms with Gasteiger partial charge in [0.25, 0.3) is 0 Å². The third-order valence-corrected chi connectivity index (χ3v) is 2.78. The van der Waals surface area contributed by atoms with Crippen LogP contribution in [0.3, 0.4) is 0 Å². The van der Waals surface area contributed by atoms with Gasteiger partial charge in [0.1, 0.15) is 0 Å². The SMILES string of the molecule is CN(C)CCNCCc1ccccc1N(C)C. The van der Waals surface area contributed by atoms with E-state index in [4.69, 9.17) is 0 Å². The zero-order valence-corrected chi connectivity index (χ0v) is 11.5. The van der Waals surface area contributed by atoms with Gasteiger partial charge in [-0.25, -0.2) is 0 Å². The molecule has 3 heteroatoms. The van der Waals surface area contributed by atoms with Gasteiger partial charge in [0.15, 0.2) is 0 Å². The molecule has 3 nitrogen and oxygen atoms in total. The van der Waals surface area contributed by atoms with E-state index in [1.807, 2.05) is 0 Å². The number of likely N-dealkylation sites (N-methyl/N-ethyl adjacent to an activating group) is 1. The molecule has 0 saturated carbocycles. The number of anilines is 1. The molecule has 0 aliphatic carbocycles. The van der Waals surface area contributed by atoms with Crippen molar-refractivity contribution >= 4 is 5.69 Å². The van der Waals surface area contributed by atoms with Crippen LogP contribution in [-0.4, -0.2) is 52.7 Å². The molecule has 0 bridgehead atoms. The number of para-hydroxylation sites is 1. The van der Waals surface area contributed by atoms with Crippen LogP contribution in [-0.2, 0) is 6.42 Å². The van der Waals surface area contributed by atoms with Crippen molar-refractivity contribution in [3.05, 3.63) is 29.8 Å². The summed E-state index contributed by atoms with van der Waals surface area (Å²) in [4.78, 5) is 4.37. The van der Waals surface area contributed by atoms with Crippen molar-refractivity contribution in [3.8, 4) is 0 Å². The highest BCUT2D eigenvalue weighted by Gasteiger charge is 2.02. The van der Waals surface area contributed by atoms with Gasteiger partial charge in [-0.15, -0.1) is 0 Å². The molecule has 1 aromatic rings. The first-order valence-corrected chi connectivity index (χ1v) is 6.22. The first-order valence-electron chi connectivity index (χ1n) is 6.22. The van der Waals surface area contributed by atoms with E-state index >= 15 is 0 Å². The molecule has 0 aromatic heterocycles. The molecule has 1 aromatic carbocycles. The van der Waals surface area contributed by atoms with Crippen LogP contribution >= 0.6 is 0 Å². The zero-order valence-electron chi connectivity index (χ0n) is 11.5. The first-order chi connectivity index (χ1) is 8.11. The number of hydrogen-bond donors (Lipinski definition) is 1. The minimum Gasteiger partial charge on any atom is -0.377 e. The number of hydrogen-bond acceptors (Lipinski definition) is 3. The second kappa shape index (κ2) is 7.30. The topological polar surface area (TPSA) is 18.5 Å². The highest BCUT2D eigenvalue weighted by atomic mass is 15.1. The van der Waals surface area contributed by atoms with E-state index in [0.29, 0.717) is 0 Å². The summed E-state index contributed by atoms with van der Waals surface area (Å²) in [5.41, 5.74) is 2.73. The summed E-state index contributed by atoms with van der Waals surface area (Å²) in [6, 6.07) is 8.60.